The van der Waals surface area contributed by atoms with Gasteiger partial charge in [0.1, 0.15) is 30.2 Å². The van der Waals surface area contributed by atoms with Gasteiger partial charge in [-0.15, -0.1) is 0 Å². The van der Waals surface area contributed by atoms with E-state index < -0.39 is 61.2 Å². The first-order valence-electron chi connectivity index (χ1n) is 8.07. The molecule has 1 saturated heterocycles. The van der Waals surface area contributed by atoms with Crippen LogP contribution in [-0.4, -0.2) is 87.0 Å². The van der Waals surface area contributed by atoms with Crippen molar-refractivity contribution in [2.24, 2.45) is 0 Å². The molecule has 2 unspecified atom stereocenters. The van der Waals surface area contributed by atoms with E-state index in [0.29, 0.717) is 0 Å². The molecule has 0 bridgehead atoms. The van der Waals surface area contributed by atoms with Gasteiger partial charge in [0.2, 0.25) is 0 Å². The summed E-state index contributed by atoms with van der Waals surface area (Å²) >= 11 is 0. The van der Waals surface area contributed by atoms with E-state index in [9.17, 15) is 32.7 Å². The van der Waals surface area contributed by atoms with E-state index in [4.69, 9.17) is 24.8 Å². The summed E-state index contributed by atoms with van der Waals surface area (Å²) in [6.45, 7) is -1.09. The average molecular weight is 505 g/mol. The number of anilines is 1. The Hall–Kier alpha value is -1.56. The summed E-state index contributed by atoms with van der Waals surface area (Å²) in [4.78, 5) is 39.4. The Morgan fingerprint density at radius 2 is 1.84 bits per heavy atom. The van der Waals surface area contributed by atoms with Crippen molar-refractivity contribution in [2.45, 2.75) is 29.3 Å². The maximum absolute atomic E-state index is 12.1. The van der Waals surface area contributed by atoms with Gasteiger partial charge < -0.3 is 39.9 Å². The van der Waals surface area contributed by atoms with Gasteiger partial charge in [0.25, 0.3) is 14.9 Å². The fourth-order valence-electron chi connectivity index (χ4n) is 2.93. The number of nitrogens with zero attached hydrogens (tertiary/aromatic N) is 4. The number of ether oxygens (including phenoxy) is 1. The third kappa shape index (κ3) is 4.64. The summed E-state index contributed by atoms with van der Waals surface area (Å²) in [5.41, 5.74) is 5.93. The lowest BCUT2D eigenvalue weighted by Gasteiger charge is -2.23. The quantitative estimate of drug-likeness (QED) is 0.152. The Kier molecular flexibility index (Phi) is 6.29. The predicted octanol–water partition coefficient (Wildman–Crippen LogP) is -2.42. The monoisotopic (exact) mass is 505 g/mol. The minimum atomic E-state index is -5.86. The van der Waals surface area contributed by atoms with Crippen molar-refractivity contribution in [1.29, 1.82) is 0 Å². The summed E-state index contributed by atoms with van der Waals surface area (Å²) in [5.74, 6) is 0.0200. The molecule has 0 saturated carbocycles. The van der Waals surface area contributed by atoms with E-state index >= 15 is 0 Å². The zero-order valence-electron chi connectivity index (χ0n) is 15.1. The molecule has 3 heterocycles. The van der Waals surface area contributed by atoms with Crippen LogP contribution in [0.2, 0.25) is 0 Å². The van der Waals surface area contributed by atoms with Crippen LogP contribution in [0.1, 0.15) is 6.23 Å². The molecule has 2 aromatic heterocycles. The van der Waals surface area contributed by atoms with Crippen LogP contribution in [0.5, 0.6) is 0 Å². The van der Waals surface area contributed by atoms with Gasteiger partial charge in [-0.1, -0.05) is 0 Å². The number of hydrogen-bond acceptors (Lipinski definition) is 12. The van der Waals surface area contributed by atoms with E-state index in [0.717, 1.165) is 6.33 Å². The first kappa shape index (κ1) is 24.1. The summed E-state index contributed by atoms with van der Waals surface area (Å²) in [6.07, 6.45) is -4.04. The summed E-state index contributed by atoms with van der Waals surface area (Å²) < 4.78 is 62.3. The third-order valence-electron chi connectivity index (χ3n) is 4.26. The van der Waals surface area contributed by atoms with Crippen LogP contribution in [0.4, 0.5) is 5.82 Å². The van der Waals surface area contributed by atoms with E-state index in [1.165, 1.54) is 10.9 Å². The SMILES string of the molecule is Nc1ncnc2c1ncn2[C@@H]1O[C@H](COP(=O)(O)C(P(=O)(O)O)S(=O)(=O)O)[C@@H](O)[C@H]1O. The normalized spacial score (nSPS) is 27.9. The minimum absolute atomic E-state index is 0.0200. The highest BCUT2D eigenvalue weighted by Crippen LogP contribution is 2.64. The van der Waals surface area contributed by atoms with E-state index in [1.54, 1.807) is 0 Å². The minimum Gasteiger partial charge on any atom is -0.387 e. The second-order valence-corrected chi connectivity index (χ2v) is 12.6. The number of imidazole rings is 1. The predicted molar refractivity (Wildman–Crippen MR) is 98.8 cm³/mol. The third-order valence-corrected chi connectivity index (χ3v) is 11.4. The number of hydrogen-bond donors (Lipinski definition) is 7. The van der Waals surface area contributed by atoms with Crippen LogP contribution in [0.15, 0.2) is 12.7 Å². The lowest BCUT2D eigenvalue weighted by atomic mass is 10.1. The molecular weight excluding hydrogens is 488 g/mol. The molecule has 0 spiro atoms. The van der Waals surface area contributed by atoms with Crippen LogP contribution in [0.25, 0.3) is 11.2 Å². The molecule has 0 aromatic carbocycles. The molecule has 20 heteroatoms. The fourth-order valence-corrected chi connectivity index (χ4v) is 8.06. The van der Waals surface area contributed by atoms with Crippen molar-refractivity contribution in [3.05, 3.63) is 12.7 Å². The molecule has 174 valence electrons. The maximum Gasteiger partial charge on any atom is 0.361 e. The Morgan fingerprint density at radius 3 is 2.42 bits per heavy atom. The van der Waals surface area contributed by atoms with Gasteiger partial charge in [-0.25, -0.2) is 15.0 Å². The lowest BCUT2D eigenvalue weighted by molar-refractivity contribution is -0.0484. The van der Waals surface area contributed by atoms with Gasteiger partial charge in [0, 0.05) is 0 Å². The number of rotatable bonds is 7. The molecule has 6 atom stereocenters. The van der Waals surface area contributed by atoms with Crippen molar-refractivity contribution in [2.75, 3.05) is 12.3 Å². The molecular formula is C11H17N5O12P2S. The van der Waals surface area contributed by atoms with Crippen molar-refractivity contribution >= 4 is 42.3 Å². The standard InChI is InChI=1S/C11H17N5O12P2S/c12-8-5-9(14-2-13-8)16(3-15-5)10-7(18)6(17)4(28-10)1-27-30(22,23)11(29(19,20)21)31(24,25)26/h2-4,6-7,10-11,17-18H,1H2,(H,22,23)(H2,12,13,14)(H2,19,20,21)(H,24,25,26)/t4-,6-,7-,10-,11?/m1/s1. The zero-order chi connectivity index (χ0) is 23.4. The van der Waals surface area contributed by atoms with Crippen LogP contribution in [0.3, 0.4) is 0 Å². The number of fused-ring (bicyclic) bond motifs is 1. The summed E-state index contributed by atoms with van der Waals surface area (Å²) in [7, 11) is -17.3. The summed E-state index contributed by atoms with van der Waals surface area (Å²) in [6, 6.07) is 0. The van der Waals surface area contributed by atoms with Gasteiger partial charge in [-0.05, 0) is 0 Å². The number of aliphatic hydroxyl groups excluding tert-OH is 2. The van der Waals surface area contributed by atoms with E-state index in [-0.39, 0.29) is 17.0 Å². The largest absolute Gasteiger partial charge is 0.387 e. The topological polar surface area (TPSA) is 278 Å². The average Bonchev–Trinajstić information content (AvgIpc) is 3.13. The molecule has 0 aliphatic carbocycles. The number of aromatic nitrogens is 4. The summed E-state index contributed by atoms with van der Waals surface area (Å²) in [5, 5.41) is 20.4. The molecule has 8 N–H and O–H groups in total. The molecule has 2 aromatic rings. The van der Waals surface area contributed by atoms with Gasteiger partial charge in [-0.2, -0.15) is 8.42 Å². The van der Waals surface area contributed by atoms with Gasteiger partial charge in [0.15, 0.2) is 17.7 Å². The molecule has 17 nitrogen and oxygen atoms in total. The Bertz CT molecular complexity index is 1180. The molecule has 3 rings (SSSR count). The van der Waals surface area contributed by atoms with E-state index in [2.05, 4.69) is 19.5 Å². The lowest BCUT2D eigenvalue weighted by Crippen LogP contribution is -2.34. The molecule has 0 amide bonds. The van der Waals surface area contributed by atoms with Gasteiger partial charge >= 0.3 is 15.2 Å². The number of aliphatic hydroxyl groups is 2. The second-order valence-electron chi connectivity index (χ2n) is 6.42. The fraction of sp³-hybridized carbons (Fsp3) is 0.545. The van der Waals surface area contributed by atoms with Gasteiger partial charge in [-0.3, -0.25) is 18.2 Å². The molecule has 0 radical (unpaired) electrons. The van der Waals surface area contributed by atoms with Crippen LogP contribution >= 0.6 is 15.2 Å². The second kappa shape index (κ2) is 8.09. The highest BCUT2D eigenvalue weighted by atomic mass is 32.2. The van der Waals surface area contributed by atoms with Gasteiger partial charge in [0.05, 0.1) is 12.9 Å². The Morgan fingerprint density at radius 1 is 1.19 bits per heavy atom. The maximum atomic E-state index is 12.1. The first-order chi connectivity index (χ1) is 14.1. The molecule has 31 heavy (non-hydrogen) atoms. The highest BCUT2D eigenvalue weighted by molar-refractivity contribution is 8.03. The first-order valence-corrected chi connectivity index (χ1v) is 12.9. The smallest absolute Gasteiger partial charge is 0.361 e. The van der Waals surface area contributed by atoms with Crippen molar-refractivity contribution < 1.29 is 56.3 Å². The number of nitrogen functional groups attached to an aromatic ring is 1. The van der Waals surface area contributed by atoms with Crippen molar-refractivity contribution in [3.63, 3.8) is 0 Å². The molecule has 1 fully saturated rings. The highest BCUT2D eigenvalue weighted by Gasteiger charge is 2.55. The van der Waals surface area contributed by atoms with Crippen molar-refractivity contribution in [3.8, 4) is 0 Å². The molecule has 1 aliphatic rings. The zero-order valence-corrected chi connectivity index (χ0v) is 17.7. The Balaban J connectivity index is 1.81. The molecule has 1 aliphatic heterocycles. The van der Waals surface area contributed by atoms with Crippen LogP contribution < -0.4 is 5.73 Å². The number of nitrogens with two attached hydrogens (primary N) is 1. The van der Waals surface area contributed by atoms with Crippen molar-refractivity contribution in [1.82, 2.24) is 19.5 Å². The van der Waals surface area contributed by atoms with Crippen LogP contribution in [0, 0.1) is 0 Å². The Labute approximate surface area is 172 Å². The van der Waals surface area contributed by atoms with Crippen LogP contribution in [-0.2, 0) is 28.5 Å². The van der Waals surface area contributed by atoms with E-state index in [1.807, 2.05) is 0 Å².